The SMILES string of the molecule is CCn1ccnc1CN1CCNC(=O)C1CC(=O)O. The number of aromatic nitrogens is 2. The van der Waals surface area contributed by atoms with E-state index in [0.29, 0.717) is 19.6 Å². The van der Waals surface area contributed by atoms with Gasteiger partial charge in [-0.25, -0.2) is 4.98 Å². The minimum Gasteiger partial charge on any atom is -0.481 e. The fourth-order valence-electron chi connectivity index (χ4n) is 2.30. The van der Waals surface area contributed by atoms with Crippen molar-refractivity contribution in [3.8, 4) is 0 Å². The van der Waals surface area contributed by atoms with Crippen LogP contribution in [-0.4, -0.2) is 50.6 Å². The molecule has 1 aromatic heterocycles. The number of nitrogens with zero attached hydrogens (tertiary/aromatic N) is 3. The van der Waals surface area contributed by atoms with Crippen molar-refractivity contribution in [2.24, 2.45) is 0 Å². The molecule has 1 saturated heterocycles. The van der Waals surface area contributed by atoms with E-state index < -0.39 is 12.0 Å². The Bertz CT molecular complexity index is 471. The highest BCUT2D eigenvalue weighted by atomic mass is 16.4. The minimum absolute atomic E-state index is 0.182. The van der Waals surface area contributed by atoms with Crippen molar-refractivity contribution in [2.75, 3.05) is 13.1 Å². The number of carbonyl (C=O) groups is 2. The lowest BCUT2D eigenvalue weighted by Crippen LogP contribution is -2.55. The topological polar surface area (TPSA) is 87.5 Å². The van der Waals surface area contributed by atoms with Crippen LogP contribution < -0.4 is 5.32 Å². The van der Waals surface area contributed by atoms with Crippen LogP contribution in [0.5, 0.6) is 0 Å². The third kappa shape index (κ3) is 3.11. The van der Waals surface area contributed by atoms with Gasteiger partial charge < -0.3 is 15.0 Å². The number of nitrogens with one attached hydrogen (secondary N) is 1. The monoisotopic (exact) mass is 266 g/mol. The molecule has 0 radical (unpaired) electrons. The Morgan fingerprint density at radius 2 is 2.42 bits per heavy atom. The quantitative estimate of drug-likeness (QED) is 0.762. The van der Waals surface area contributed by atoms with Gasteiger partial charge in [0.25, 0.3) is 0 Å². The largest absolute Gasteiger partial charge is 0.481 e. The molecular weight excluding hydrogens is 248 g/mol. The van der Waals surface area contributed by atoms with Crippen LogP contribution in [0, 0.1) is 0 Å². The molecule has 1 unspecified atom stereocenters. The summed E-state index contributed by atoms with van der Waals surface area (Å²) in [5.74, 6) is -0.332. The maximum atomic E-state index is 11.8. The lowest BCUT2D eigenvalue weighted by atomic mass is 10.1. The summed E-state index contributed by atoms with van der Waals surface area (Å²) in [5.41, 5.74) is 0. The van der Waals surface area contributed by atoms with Crippen LogP contribution in [0.3, 0.4) is 0 Å². The first-order valence-corrected chi connectivity index (χ1v) is 6.35. The summed E-state index contributed by atoms with van der Waals surface area (Å²) < 4.78 is 1.99. The van der Waals surface area contributed by atoms with E-state index in [0.717, 1.165) is 12.4 Å². The maximum Gasteiger partial charge on any atom is 0.305 e. The lowest BCUT2D eigenvalue weighted by molar-refractivity contribution is -0.143. The van der Waals surface area contributed by atoms with Crippen LogP contribution in [0.1, 0.15) is 19.2 Å². The number of carbonyl (C=O) groups excluding carboxylic acids is 1. The highest BCUT2D eigenvalue weighted by Crippen LogP contribution is 2.13. The molecule has 1 aliphatic rings. The van der Waals surface area contributed by atoms with Gasteiger partial charge >= 0.3 is 5.97 Å². The van der Waals surface area contributed by atoms with Crippen molar-refractivity contribution in [1.29, 1.82) is 0 Å². The molecule has 1 fully saturated rings. The van der Waals surface area contributed by atoms with Crippen LogP contribution >= 0.6 is 0 Å². The van der Waals surface area contributed by atoms with Crippen molar-refractivity contribution >= 4 is 11.9 Å². The summed E-state index contributed by atoms with van der Waals surface area (Å²) in [7, 11) is 0. The summed E-state index contributed by atoms with van der Waals surface area (Å²) in [6.45, 7) is 4.50. The van der Waals surface area contributed by atoms with Gasteiger partial charge in [-0.05, 0) is 6.92 Å². The minimum atomic E-state index is -0.967. The number of carboxylic acid groups (broad SMARTS) is 1. The van der Waals surface area contributed by atoms with Crippen LogP contribution in [0.25, 0.3) is 0 Å². The zero-order valence-corrected chi connectivity index (χ0v) is 10.9. The Morgan fingerprint density at radius 3 is 3.11 bits per heavy atom. The van der Waals surface area contributed by atoms with E-state index in [1.165, 1.54) is 0 Å². The van der Waals surface area contributed by atoms with Crippen molar-refractivity contribution in [1.82, 2.24) is 19.8 Å². The zero-order valence-electron chi connectivity index (χ0n) is 10.9. The van der Waals surface area contributed by atoms with Gasteiger partial charge in [-0.3, -0.25) is 14.5 Å². The predicted octanol–water partition coefficient (Wildman–Crippen LogP) is -0.322. The zero-order chi connectivity index (χ0) is 13.8. The first kappa shape index (κ1) is 13.5. The Morgan fingerprint density at radius 1 is 1.63 bits per heavy atom. The van der Waals surface area contributed by atoms with Gasteiger partial charge in [-0.1, -0.05) is 0 Å². The summed E-state index contributed by atoms with van der Waals surface area (Å²) >= 11 is 0. The Balaban J connectivity index is 2.11. The van der Waals surface area contributed by atoms with Gasteiger partial charge in [0.05, 0.1) is 13.0 Å². The average molecular weight is 266 g/mol. The number of piperazine rings is 1. The van der Waals surface area contributed by atoms with Crippen molar-refractivity contribution < 1.29 is 14.7 Å². The second-order valence-corrected chi connectivity index (χ2v) is 4.50. The van der Waals surface area contributed by atoms with Crippen LogP contribution in [-0.2, 0) is 22.7 Å². The molecule has 0 bridgehead atoms. The molecule has 2 rings (SSSR count). The number of amides is 1. The fourth-order valence-corrected chi connectivity index (χ4v) is 2.30. The van der Waals surface area contributed by atoms with E-state index in [-0.39, 0.29) is 12.3 Å². The molecule has 0 aliphatic carbocycles. The molecule has 2 heterocycles. The molecule has 1 atom stereocenters. The van der Waals surface area contributed by atoms with Crippen molar-refractivity contribution in [3.63, 3.8) is 0 Å². The number of hydrogen-bond donors (Lipinski definition) is 2. The summed E-state index contributed by atoms with van der Waals surface area (Å²) in [4.78, 5) is 28.8. The van der Waals surface area contributed by atoms with Crippen LogP contribution in [0.4, 0.5) is 0 Å². The van der Waals surface area contributed by atoms with Gasteiger partial charge in [0.1, 0.15) is 11.9 Å². The van der Waals surface area contributed by atoms with Crippen LogP contribution in [0.2, 0.25) is 0 Å². The van der Waals surface area contributed by atoms with Gasteiger partial charge in [0, 0.05) is 32.0 Å². The van der Waals surface area contributed by atoms with E-state index >= 15 is 0 Å². The molecule has 0 saturated carbocycles. The molecule has 0 spiro atoms. The predicted molar refractivity (Wildman–Crippen MR) is 67.4 cm³/mol. The van der Waals surface area contributed by atoms with E-state index in [4.69, 9.17) is 5.11 Å². The summed E-state index contributed by atoms with van der Waals surface area (Å²) in [5, 5.41) is 11.6. The number of rotatable bonds is 5. The van der Waals surface area contributed by atoms with E-state index in [1.54, 1.807) is 6.20 Å². The Kier molecular flexibility index (Phi) is 4.16. The smallest absolute Gasteiger partial charge is 0.305 e. The molecule has 104 valence electrons. The second-order valence-electron chi connectivity index (χ2n) is 4.50. The molecular formula is C12H18N4O3. The van der Waals surface area contributed by atoms with E-state index in [2.05, 4.69) is 10.3 Å². The van der Waals surface area contributed by atoms with Crippen molar-refractivity contribution in [3.05, 3.63) is 18.2 Å². The number of aliphatic carboxylic acids is 1. The molecule has 2 N–H and O–H groups in total. The van der Waals surface area contributed by atoms with Gasteiger partial charge in [0.2, 0.25) is 5.91 Å². The van der Waals surface area contributed by atoms with Crippen LogP contribution in [0.15, 0.2) is 12.4 Å². The average Bonchev–Trinajstić information content (AvgIpc) is 2.80. The number of carboxylic acids is 1. The Hall–Kier alpha value is -1.89. The van der Waals surface area contributed by atoms with Crippen molar-refractivity contribution in [2.45, 2.75) is 32.5 Å². The van der Waals surface area contributed by atoms with Gasteiger partial charge in [-0.2, -0.15) is 0 Å². The third-order valence-electron chi connectivity index (χ3n) is 3.30. The van der Waals surface area contributed by atoms with Gasteiger partial charge in [-0.15, -0.1) is 0 Å². The molecule has 7 heteroatoms. The highest BCUT2D eigenvalue weighted by molar-refractivity contribution is 5.86. The number of aryl methyl sites for hydroxylation is 1. The molecule has 1 aromatic rings. The number of imidazole rings is 1. The first-order chi connectivity index (χ1) is 9.11. The molecule has 7 nitrogen and oxygen atoms in total. The normalized spacial score (nSPS) is 20.3. The first-order valence-electron chi connectivity index (χ1n) is 6.35. The fraction of sp³-hybridized carbons (Fsp3) is 0.583. The molecule has 1 aliphatic heterocycles. The standard InChI is InChI=1S/C12H18N4O3/c1-2-15-5-3-13-10(15)8-16-6-4-14-12(19)9(16)7-11(17)18/h3,5,9H,2,4,6-8H2,1H3,(H,14,19)(H,17,18). The molecule has 0 aromatic carbocycles. The summed E-state index contributed by atoms with van der Waals surface area (Å²) in [6.07, 6.45) is 3.42. The molecule has 1 amide bonds. The highest BCUT2D eigenvalue weighted by Gasteiger charge is 2.32. The Labute approximate surface area is 111 Å². The van der Waals surface area contributed by atoms with E-state index in [1.807, 2.05) is 22.6 Å². The lowest BCUT2D eigenvalue weighted by Gasteiger charge is -2.33. The van der Waals surface area contributed by atoms with Gasteiger partial charge in [0.15, 0.2) is 0 Å². The summed E-state index contributed by atoms with van der Waals surface area (Å²) in [6, 6.07) is -0.617. The second kappa shape index (κ2) is 5.83. The third-order valence-corrected chi connectivity index (χ3v) is 3.30. The van der Waals surface area contributed by atoms with E-state index in [9.17, 15) is 9.59 Å². The maximum absolute atomic E-state index is 11.8. The molecule has 19 heavy (non-hydrogen) atoms. The number of hydrogen-bond acceptors (Lipinski definition) is 4.